The standard InChI is InChI=1S/C17H32N4O4.HI/c1-17(2,3)25-16(23)21-12-10-20(11-13-21)15(18)19-9-7-5-6-8-14(22)24-4;/h5-13H2,1-4H3,(H2,18,19);1H. The van der Waals surface area contributed by atoms with Gasteiger partial charge in [0.05, 0.1) is 7.11 Å². The van der Waals surface area contributed by atoms with Gasteiger partial charge in [-0.3, -0.25) is 9.79 Å². The van der Waals surface area contributed by atoms with E-state index in [4.69, 9.17) is 10.5 Å². The summed E-state index contributed by atoms with van der Waals surface area (Å²) in [5, 5.41) is 0. The van der Waals surface area contributed by atoms with Crippen LogP contribution >= 0.6 is 24.0 Å². The lowest BCUT2D eigenvalue weighted by atomic mass is 10.2. The smallest absolute Gasteiger partial charge is 0.410 e. The number of ether oxygens (including phenoxy) is 2. The summed E-state index contributed by atoms with van der Waals surface area (Å²) in [6.07, 6.45) is 2.76. The minimum absolute atomic E-state index is 0. The summed E-state index contributed by atoms with van der Waals surface area (Å²) < 4.78 is 9.97. The van der Waals surface area contributed by atoms with E-state index in [1.54, 1.807) is 4.90 Å². The molecule has 8 nitrogen and oxygen atoms in total. The molecular formula is C17H33IN4O4. The molecular weight excluding hydrogens is 451 g/mol. The zero-order chi connectivity index (χ0) is 18.9. The summed E-state index contributed by atoms with van der Waals surface area (Å²) in [5.74, 6) is 0.336. The van der Waals surface area contributed by atoms with E-state index in [0.29, 0.717) is 45.1 Å². The van der Waals surface area contributed by atoms with Crippen LogP contribution in [-0.4, -0.2) is 73.3 Å². The van der Waals surface area contributed by atoms with Crippen molar-refractivity contribution in [1.29, 1.82) is 0 Å². The summed E-state index contributed by atoms with van der Waals surface area (Å²) in [7, 11) is 1.40. The second kappa shape index (κ2) is 12.2. The van der Waals surface area contributed by atoms with Crippen molar-refractivity contribution in [3.8, 4) is 0 Å². The van der Waals surface area contributed by atoms with Crippen LogP contribution in [0.5, 0.6) is 0 Å². The monoisotopic (exact) mass is 484 g/mol. The fraction of sp³-hybridized carbons (Fsp3) is 0.824. The van der Waals surface area contributed by atoms with Crippen molar-refractivity contribution < 1.29 is 19.1 Å². The van der Waals surface area contributed by atoms with Gasteiger partial charge in [-0.25, -0.2) is 4.79 Å². The maximum Gasteiger partial charge on any atom is 0.410 e. The molecule has 152 valence electrons. The number of aliphatic imine (C=N–C) groups is 1. The van der Waals surface area contributed by atoms with Crippen LogP contribution in [0.2, 0.25) is 0 Å². The predicted octanol–water partition coefficient (Wildman–Crippen LogP) is 2.21. The number of nitrogens with zero attached hydrogens (tertiary/aromatic N) is 3. The van der Waals surface area contributed by atoms with Crippen molar-refractivity contribution in [2.24, 2.45) is 10.7 Å². The first-order valence-corrected chi connectivity index (χ1v) is 8.82. The number of rotatable bonds is 6. The van der Waals surface area contributed by atoms with E-state index in [1.165, 1.54) is 7.11 Å². The number of halogens is 1. The molecule has 1 fully saturated rings. The van der Waals surface area contributed by atoms with Crippen LogP contribution < -0.4 is 5.73 Å². The number of methoxy groups -OCH3 is 1. The van der Waals surface area contributed by atoms with Gasteiger partial charge in [0, 0.05) is 39.1 Å². The molecule has 1 aliphatic rings. The summed E-state index contributed by atoms with van der Waals surface area (Å²) >= 11 is 0. The van der Waals surface area contributed by atoms with Crippen LogP contribution in [0.4, 0.5) is 4.79 Å². The van der Waals surface area contributed by atoms with Crippen LogP contribution in [-0.2, 0) is 14.3 Å². The highest BCUT2D eigenvalue weighted by Crippen LogP contribution is 2.11. The normalized spacial score (nSPS) is 15.3. The minimum atomic E-state index is -0.484. The van der Waals surface area contributed by atoms with Gasteiger partial charge < -0.3 is 25.0 Å². The summed E-state index contributed by atoms with van der Waals surface area (Å²) in [5.41, 5.74) is 5.54. The second-order valence-electron chi connectivity index (χ2n) is 7.08. The van der Waals surface area contributed by atoms with E-state index in [9.17, 15) is 9.59 Å². The Bertz CT molecular complexity index is 472. The molecule has 0 radical (unpaired) electrons. The molecule has 9 heteroatoms. The zero-order valence-electron chi connectivity index (χ0n) is 16.3. The number of amides is 1. The first kappa shape index (κ1) is 24.7. The number of guanidine groups is 1. The van der Waals surface area contributed by atoms with Crippen molar-refractivity contribution in [1.82, 2.24) is 9.80 Å². The van der Waals surface area contributed by atoms with Crippen molar-refractivity contribution in [2.45, 2.75) is 52.1 Å². The highest BCUT2D eigenvalue weighted by atomic mass is 127. The minimum Gasteiger partial charge on any atom is -0.469 e. The van der Waals surface area contributed by atoms with Crippen LogP contribution in [0, 0.1) is 0 Å². The van der Waals surface area contributed by atoms with Crippen molar-refractivity contribution >= 4 is 42.0 Å². The Hall–Kier alpha value is -1.26. The van der Waals surface area contributed by atoms with E-state index in [0.717, 1.165) is 19.3 Å². The molecule has 1 heterocycles. The van der Waals surface area contributed by atoms with E-state index in [2.05, 4.69) is 9.73 Å². The fourth-order valence-corrected chi connectivity index (χ4v) is 2.40. The molecule has 0 aromatic heterocycles. The van der Waals surface area contributed by atoms with Crippen molar-refractivity contribution in [2.75, 3.05) is 39.8 Å². The van der Waals surface area contributed by atoms with Gasteiger partial charge in [-0.1, -0.05) is 6.42 Å². The molecule has 26 heavy (non-hydrogen) atoms. The molecule has 1 rings (SSSR count). The summed E-state index contributed by atoms with van der Waals surface area (Å²) in [6, 6.07) is 0. The number of nitrogens with two attached hydrogens (primary N) is 1. The van der Waals surface area contributed by atoms with Gasteiger partial charge in [-0.05, 0) is 33.6 Å². The van der Waals surface area contributed by atoms with Crippen molar-refractivity contribution in [3.05, 3.63) is 0 Å². The second-order valence-corrected chi connectivity index (χ2v) is 7.08. The molecule has 1 aliphatic heterocycles. The Morgan fingerprint density at radius 1 is 1.04 bits per heavy atom. The maximum atomic E-state index is 12.0. The molecule has 1 saturated heterocycles. The largest absolute Gasteiger partial charge is 0.469 e. The van der Waals surface area contributed by atoms with E-state index in [1.807, 2.05) is 25.7 Å². The third-order valence-electron chi connectivity index (χ3n) is 3.80. The van der Waals surface area contributed by atoms with Crippen molar-refractivity contribution in [3.63, 3.8) is 0 Å². The average molecular weight is 484 g/mol. The number of carbonyl (C=O) groups excluding carboxylic acids is 2. The first-order chi connectivity index (χ1) is 11.7. The molecule has 0 unspecified atom stereocenters. The van der Waals surface area contributed by atoms with Crippen LogP contribution in [0.3, 0.4) is 0 Å². The lowest BCUT2D eigenvalue weighted by Gasteiger charge is -2.36. The number of hydrogen-bond donors (Lipinski definition) is 1. The summed E-state index contributed by atoms with van der Waals surface area (Å²) in [4.78, 5) is 31.1. The molecule has 0 spiro atoms. The highest BCUT2D eigenvalue weighted by molar-refractivity contribution is 14.0. The van der Waals surface area contributed by atoms with Gasteiger partial charge in [-0.2, -0.15) is 0 Å². The highest BCUT2D eigenvalue weighted by Gasteiger charge is 2.26. The third-order valence-corrected chi connectivity index (χ3v) is 3.80. The Kier molecular flexibility index (Phi) is 11.6. The first-order valence-electron chi connectivity index (χ1n) is 8.82. The Morgan fingerprint density at radius 3 is 2.15 bits per heavy atom. The number of piperazine rings is 1. The topological polar surface area (TPSA) is 97.5 Å². The van der Waals surface area contributed by atoms with Gasteiger partial charge in [-0.15, -0.1) is 24.0 Å². The fourth-order valence-electron chi connectivity index (χ4n) is 2.40. The van der Waals surface area contributed by atoms with Gasteiger partial charge in [0.1, 0.15) is 5.60 Å². The van der Waals surface area contributed by atoms with E-state index >= 15 is 0 Å². The molecule has 0 bridgehead atoms. The Morgan fingerprint density at radius 2 is 1.62 bits per heavy atom. The van der Waals surface area contributed by atoms with Gasteiger partial charge in [0.15, 0.2) is 5.96 Å². The maximum absolute atomic E-state index is 12.0. The van der Waals surface area contributed by atoms with Gasteiger partial charge in [0.25, 0.3) is 0 Å². The number of unbranched alkanes of at least 4 members (excludes halogenated alkanes) is 2. The SMILES string of the molecule is COC(=O)CCCCCN=C(N)N1CCN(C(=O)OC(C)(C)C)CC1.I. The van der Waals surface area contributed by atoms with E-state index < -0.39 is 5.60 Å². The van der Waals surface area contributed by atoms with Gasteiger partial charge in [0.2, 0.25) is 0 Å². The lowest BCUT2D eigenvalue weighted by Crippen LogP contribution is -2.53. The number of hydrogen-bond acceptors (Lipinski definition) is 5. The molecule has 0 saturated carbocycles. The lowest BCUT2D eigenvalue weighted by molar-refractivity contribution is -0.140. The third kappa shape index (κ3) is 10.0. The molecule has 0 aromatic rings. The molecule has 0 aromatic carbocycles. The molecule has 2 N–H and O–H groups in total. The van der Waals surface area contributed by atoms with E-state index in [-0.39, 0.29) is 36.0 Å². The predicted molar refractivity (Wildman–Crippen MR) is 112 cm³/mol. The number of esters is 1. The zero-order valence-corrected chi connectivity index (χ0v) is 18.7. The van der Waals surface area contributed by atoms with Crippen LogP contribution in [0.1, 0.15) is 46.5 Å². The molecule has 0 aliphatic carbocycles. The average Bonchev–Trinajstić information content (AvgIpc) is 2.56. The molecule has 0 atom stereocenters. The number of carbonyl (C=O) groups is 2. The Balaban J connectivity index is 0.00000625. The van der Waals surface area contributed by atoms with Crippen LogP contribution in [0.15, 0.2) is 4.99 Å². The molecule has 1 amide bonds. The Labute approximate surface area is 173 Å². The van der Waals surface area contributed by atoms with Gasteiger partial charge >= 0.3 is 12.1 Å². The summed E-state index contributed by atoms with van der Waals surface area (Å²) in [6.45, 7) is 8.66. The van der Waals surface area contributed by atoms with Crippen LogP contribution in [0.25, 0.3) is 0 Å². The quantitative estimate of drug-likeness (QED) is 0.204.